The molecule has 7 nitrogen and oxygen atoms in total. The van der Waals surface area contributed by atoms with Crippen LogP contribution in [-0.2, 0) is 14.3 Å². The van der Waals surface area contributed by atoms with Gasteiger partial charge in [0.1, 0.15) is 11.6 Å². The second kappa shape index (κ2) is 6.23. The average molecular weight is 260 g/mol. The van der Waals surface area contributed by atoms with Crippen molar-refractivity contribution in [3.05, 3.63) is 0 Å². The lowest BCUT2D eigenvalue weighted by Crippen LogP contribution is -2.45. The van der Waals surface area contributed by atoms with Crippen LogP contribution in [0.4, 0.5) is 4.79 Å². The Kier molecular flexibility index (Phi) is 5.61. The molecule has 1 atom stereocenters. The molecule has 0 aliphatic heterocycles. The third-order valence-electron chi connectivity index (χ3n) is 2.10. The Bertz CT molecular complexity index is 335. The summed E-state index contributed by atoms with van der Waals surface area (Å²) >= 11 is 0. The Morgan fingerprint density at radius 2 is 1.83 bits per heavy atom. The van der Waals surface area contributed by atoms with Crippen LogP contribution in [0.2, 0.25) is 0 Å². The summed E-state index contributed by atoms with van der Waals surface area (Å²) in [5, 5.41) is 9.00. The summed E-state index contributed by atoms with van der Waals surface area (Å²) in [5.41, 5.74) is 4.24. The highest BCUT2D eigenvalue weighted by Gasteiger charge is 2.30. The summed E-state index contributed by atoms with van der Waals surface area (Å²) in [5.74, 6) is -1.82. The first-order valence-electron chi connectivity index (χ1n) is 5.51. The average Bonchev–Trinajstić information content (AvgIpc) is 2.13. The third kappa shape index (κ3) is 6.07. The highest BCUT2D eigenvalue weighted by molar-refractivity contribution is 5.81. The van der Waals surface area contributed by atoms with Crippen LogP contribution in [0.3, 0.4) is 0 Å². The molecule has 0 rings (SSSR count). The Balaban J connectivity index is 4.65. The van der Waals surface area contributed by atoms with Crippen molar-refractivity contribution < 1.29 is 24.2 Å². The van der Waals surface area contributed by atoms with Gasteiger partial charge in [-0.25, -0.2) is 9.59 Å². The zero-order valence-corrected chi connectivity index (χ0v) is 11.1. The first kappa shape index (κ1) is 16.2. The van der Waals surface area contributed by atoms with E-state index >= 15 is 0 Å². The molecule has 0 bridgehead atoms. The smallest absolute Gasteiger partial charge is 0.410 e. The minimum atomic E-state index is -1.20. The number of carboxylic acids is 1. The van der Waals surface area contributed by atoms with Gasteiger partial charge in [-0.15, -0.1) is 0 Å². The molecule has 0 saturated heterocycles. The summed E-state index contributed by atoms with van der Waals surface area (Å²) in [7, 11) is 1.31. The zero-order valence-electron chi connectivity index (χ0n) is 11.1. The van der Waals surface area contributed by atoms with Crippen molar-refractivity contribution in [3.63, 3.8) is 0 Å². The van der Waals surface area contributed by atoms with Gasteiger partial charge >= 0.3 is 12.1 Å². The molecule has 2 amide bonds. The van der Waals surface area contributed by atoms with Gasteiger partial charge in [0.05, 0.1) is 0 Å². The Morgan fingerprint density at radius 1 is 1.33 bits per heavy atom. The fraction of sp³-hybridized carbons (Fsp3) is 0.727. The van der Waals surface area contributed by atoms with Gasteiger partial charge in [-0.2, -0.15) is 0 Å². The molecule has 104 valence electrons. The largest absolute Gasteiger partial charge is 0.480 e. The van der Waals surface area contributed by atoms with Gasteiger partial charge in [-0.1, -0.05) is 0 Å². The van der Waals surface area contributed by atoms with Gasteiger partial charge in [-0.3, -0.25) is 9.69 Å². The molecule has 0 aromatic heterocycles. The molecule has 0 spiro atoms. The van der Waals surface area contributed by atoms with Crippen molar-refractivity contribution in [2.45, 2.75) is 45.3 Å². The van der Waals surface area contributed by atoms with Crippen molar-refractivity contribution in [3.8, 4) is 0 Å². The monoisotopic (exact) mass is 260 g/mol. The quantitative estimate of drug-likeness (QED) is 0.751. The summed E-state index contributed by atoms with van der Waals surface area (Å²) in [6.07, 6.45) is -0.899. The van der Waals surface area contributed by atoms with Crippen LogP contribution in [0.15, 0.2) is 0 Å². The van der Waals surface area contributed by atoms with E-state index < -0.39 is 29.6 Å². The summed E-state index contributed by atoms with van der Waals surface area (Å²) in [6, 6.07) is -1.13. The SMILES string of the molecule is CN(C(=O)OC(C)(C)C)C(CCC(N)=O)C(=O)O. The van der Waals surface area contributed by atoms with E-state index in [0.29, 0.717) is 0 Å². The van der Waals surface area contributed by atoms with E-state index in [-0.39, 0.29) is 12.8 Å². The fourth-order valence-corrected chi connectivity index (χ4v) is 1.22. The number of likely N-dealkylation sites (N-methyl/N-ethyl adjacent to an activating group) is 1. The number of nitrogens with zero attached hydrogens (tertiary/aromatic N) is 1. The molecule has 0 saturated carbocycles. The molecular formula is C11H20N2O5. The number of carbonyl (C=O) groups is 3. The maximum atomic E-state index is 11.7. The summed E-state index contributed by atoms with van der Waals surface area (Å²) in [6.45, 7) is 5.04. The molecule has 0 aromatic rings. The minimum Gasteiger partial charge on any atom is -0.480 e. The number of nitrogens with two attached hydrogens (primary N) is 1. The number of aliphatic carboxylic acids is 1. The van der Waals surface area contributed by atoms with Crippen molar-refractivity contribution in [2.75, 3.05) is 7.05 Å². The van der Waals surface area contributed by atoms with E-state index in [1.807, 2.05) is 0 Å². The molecule has 0 aromatic carbocycles. The van der Waals surface area contributed by atoms with Crippen LogP contribution >= 0.6 is 0 Å². The van der Waals surface area contributed by atoms with Gasteiger partial charge in [0, 0.05) is 13.5 Å². The summed E-state index contributed by atoms with van der Waals surface area (Å²) in [4.78, 5) is 34.3. The van der Waals surface area contributed by atoms with Crippen LogP contribution in [0.25, 0.3) is 0 Å². The van der Waals surface area contributed by atoms with Gasteiger partial charge in [-0.05, 0) is 27.2 Å². The van der Waals surface area contributed by atoms with E-state index in [9.17, 15) is 14.4 Å². The number of primary amides is 1. The standard InChI is InChI=1S/C11H20N2O5/c1-11(2,3)18-10(17)13(4)7(9(15)16)5-6-8(12)14/h7H,5-6H2,1-4H3,(H2,12,14)(H,15,16). The molecule has 0 radical (unpaired) electrons. The van der Waals surface area contributed by atoms with Gasteiger partial charge in [0.2, 0.25) is 5.91 Å². The molecule has 0 fully saturated rings. The predicted molar refractivity (Wildman–Crippen MR) is 63.8 cm³/mol. The van der Waals surface area contributed by atoms with Crippen LogP contribution in [0.5, 0.6) is 0 Å². The zero-order chi connectivity index (χ0) is 14.5. The third-order valence-corrected chi connectivity index (χ3v) is 2.10. The molecule has 0 aliphatic rings. The highest BCUT2D eigenvalue weighted by Crippen LogP contribution is 2.13. The first-order valence-corrected chi connectivity index (χ1v) is 5.51. The minimum absolute atomic E-state index is 0.0413. The Morgan fingerprint density at radius 3 is 2.17 bits per heavy atom. The lowest BCUT2D eigenvalue weighted by Gasteiger charge is -2.28. The number of carboxylic acid groups (broad SMARTS) is 1. The summed E-state index contributed by atoms with van der Waals surface area (Å²) < 4.78 is 5.04. The molecule has 1 unspecified atom stereocenters. The van der Waals surface area contributed by atoms with Crippen molar-refractivity contribution in [2.24, 2.45) is 5.73 Å². The van der Waals surface area contributed by atoms with E-state index in [4.69, 9.17) is 15.6 Å². The Labute approximate surface area is 106 Å². The number of hydrogen-bond donors (Lipinski definition) is 2. The molecule has 0 heterocycles. The highest BCUT2D eigenvalue weighted by atomic mass is 16.6. The molecule has 3 N–H and O–H groups in total. The molecular weight excluding hydrogens is 240 g/mol. The van der Waals surface area contributed by atoms with Crippen LogP contribution in [-0.4, -0.2) is 46.7 Å². The lowest BCUT2D eigenvalue weighted by atomic mass is 10.1. The van der Waals surface area contributed by atoms with E-state index in [1.165, 1.54) is 7.05 Å². The first-order chi connectivity index (χ1) is 8.04. The number of carbonyl (C=O) groups excluding carboxylic acids is 2. The van der Waals surface area contributed by atoms with Crippen molar-refractivity contribution in [1.82, 2.24) is 4.90 Å². The number of amides is 2. The van der Waals surface area contributed by atoms with Crippen LogP contribution in [0.1, 0.15) is 33.6 Å². The van der Waals surface area contributed by atoms with E-state index in [2.05, 4.69) is 0 Å². The molecule has 7 heteroatoms. The van der Waals surface area contributed by atoms with E-state index in [1.54, 1.807) is 20.8 Å². The van der Waals surface area contributed by atoms with E-state index in [0.717, 1.165) is 4.90 Å². The fourth-order valence-electron chi connectivity index (χ4n) is 1.22. The van der Waals surface area contributed by atoms with Crippen LogP contribution in [0, 0.1) is 0 Å². The van der Waals surface area contributed by atoms with Crippen molar-refractivity contribution >= 4 is 18.0 Å². The topological polar surface area (TPSA) is 110 Å². The normalized spacial score (nSPS) is 12.7. The van der Waals surface area contributed by atoms with Gasteiger partial charge in [0.15, 0.2) is 0 Å². The van der Waals surface area contributed by atoms with Gasteiger partial charge in [0.25, 0.3) is 0 Å². The van der Waals surface area contributed by atoms with Crippen LogP contribution < -0.4 is 5.73 Å². The Hall–Kier alpha value is -1.79. The maximum Gasteiger partial charge on any atom is 0.410 e. The number of hydrogen-bond acceptors (Lipinski definition) is 4. The number of rotatable bonds is 5. The molecule has 0 aliphatic carbocycles. The molecule has 18 heavy (non-hydrogen) atoms. The van der Waals surface area contributed by atoms with Crippen molar-refractivity contribution in [1.29, 1.82) is 0 Å². The second-order valence-electron chi connectivity index (χ2n) is 4.95. The number of ether oxygens (including phenoxy) is 1. The lowest BCUT2D eigenvalue weighted by molar-refractivity contribution is -0.143. The second-order valence-corrected chi connectivity index (χ2v) is 4.95. The van der Waals surface area contributed by atoms with Gasteiger partial charge < -0.3 is 15.6 Å². The maximum absolute atomic E-state index is 11.7. The predicted octanol–water partition coefficient (Wildman–Crippen LogP) is 0.572.